The summed E-state index contributed by atoms with van der Waals surface area (Å²) in [6, 6.07) is 13.7. The molecule has 0 spiro atoms. The number of carbonyl (C=O) groups excluding carboxylic acids is 1. The number of benzene rings is 2. The average molecular weight is 454 g/mol. The summed E-state index contributed by atoms with van der Waals surface area (Å²) >= 11 is 1.18. The van der Waals surface area contributed by atoms with Crippen molar-refractivity contribution in [3.8, 4) is 5.75 Å². The largest absolute Gasteiger partial charge is 0.483 e. The molecule has 2 aromatic carbocycles. The molecule has 0 saturated carbocycles. The molecule has 1 amide bonds. The molecule has 1 unspecified atom stereocenters. The highest BCUT2D eigenvalue weighted by molar-refractivity contribution is 7.99. The van der Waals surface area contributed by atoms with Gasteiger partial charge in [-0.3, -0.25) is 19.5 Å². The number of thioether (sulfide) groups is 1. The van der Waals surface area contributed by atoms with Gasteiger partial charge in [0.2, 0.25) is 5.91 Å². The number of amides is 1. The number of hydrogen-bond donors (Lipinski definition) is 1. The molecule has 0 radical (unpaired) electrons. The van der Waals surface area contributed by atoms with Crippen molar-refractivity contribution in [2.45, 2.75) is 31.7 Å². The van der Waals surface area contributed by atoms with Crippen molar-refractivity contribution >= 4 is 29.0 Å². The van der Waals surface area contributed by atoms with Gasteiger partial charge < -0.3 is 10.1 Å². The standard InChI is InChI=1S/C22H23N5O4S/c1-4-12-26-21(16(3)31-17-9-7-8-15(2)13-17)24-25-22(26)32-14-20(28)23-18-10-5-6-11-19(18)27(29)30/h4-11,13,16H,1,12,14H2,2-3H3,(H,23,28). The minimum atomic E-state index is -0.536. The van der Waals surface area contributed by atoms with Gasteiger partial charge in [0.1, 0.15) is 11.4 Å². The third-order valence-electron chi connectivity index (χ3n) is 4.43. The maximum Gasteiger partial charge on any atom is 0.292 e. The summed E-state index contributed by atoms with van der Waals surface area (Å²) in [6.07, 6.45) is 1.34. The Labute approximate surface area is 189 Å². The van der Waals surface area contributed by atoms with Crippen LogP contribution in [-0.2, 0) is 11.3 Å². The van der Waals surface area contributed by atoms with Crippen LogP contribution in [0.25, 0.3) is 0 Å². The summed E-state index contributed by atoms with van der Waals surface area (Å²) < 4.78 is 7.84. The number of aromatic nitrogens is 3. The third kappa shape index (κ3) is 5.73. The van der Waals surface area contributed by atoms with Gasteiger partial charge in [0, 0.05) is 12.6 Å². The normalized spacial score (nSPS) is 11.6. The first kappa shape index (κ1) is 23.0. The topological polar surface area (TPSA) is 112 Å². The van der Waals surface area contributed by atoms with Crippen molar-refractivity contribution in [1.82, 2.24) is 14.8 Å². The zero-order valence-electron chi connectivity index (χ0n) is 17.7. The van der Waals surface area contributed by atoms with E-state index in [0.717, 1.165) is 11.3 Å². The molecule has 0 aliphatic carbocycles. The molecule has 3 rings (SSSR count). The van der Waals surface area contributed by atoms with E-state index in [1.54, 1.807) is 18.2 Å². The first-order chi connectivity index (χ1) is 15.4. The Kier molecular flexibility index (Phi) is 7.61. The van der Waals surface area contributed by atoms with Crippen molar-refractivity contribution in [2.75, 3.05) is 11.1 Å². The first-order valence-corrected chi connectivity index (χ1v) is 10.8. The van der Waals surface area contributed by atoms with Crippen molar-refractivity contribution in [3.05, 3.63) is 82.7 Å². The van der Waals surface area contributed by atoms with Crippen molar-refractivity contribution in [2.24, 2.45) is 0 Å². The highest BCUT2D eigenvalue weighted by atomic mass is 32.2. The van der Waals surface area contributed by atoms with Crippen LogP contribution in [0.1, 0.15) is 24.4 Å². The molecule has 0 aliphatic heterocycles. The number of nitro groups is 1. The van der Waals surface area contributed by atoms with E-state index in [1.165, 1.54) is 23.9 Å². The number of carbonyl (C=O) groups is 1. The number of hydrogen-bond acceptors (Lipinski definition) is 7. The predicted molar refractivity (Wildman–Crippen MR) is 123 cm³/mol. The fraction of sp³-hybridized carbons (Fsp3) is 0.227. The van der Waals surface area contributed by atoms with Gasteiger partial charge in [-0.15, -0.1) is 16.8 Å². The Morgan fingerprint density at radius 2 is 2.09 bits per heavy atom. The zero-order valence-corrected chi connectivity index (χ0v) is 18.5. The third-order valence-corrected chi connectivity index (χ3v) is 5.40. The van der Waals surface area contributed by atoms with Crippen LogP contribution in [-0.4, -0.2) is 31.3 Å². The van der Waals surface area contributed by atoms with E-state index in [0.29, 0.717) is 17.5 Å². The minimum absolute atomic E-state index is 0.00838. The summed E-state index contributed by atoms with van der Waals surface area (Å²) in [7, 11) is 0. The van der Waals surface area contributed by atoms with Crippen molar-refractivity contribution in [1.29, 1.82) is 0 Å². The Bertz CT molecular complexity index is 1130. The van der Waals surface area contributed by atoms with E-state index in [2.05, 4.69) is 22.1 Å². The van der Waals surface area contributed by atoms with Gasteiger partial charge in [-0.2, -0.15) is 0 Å². The van der Waals surface area contributed by atoms with E-state index < -0.39 is 4.92 Å². The molecule has 10 heteroatoms. The molecule has 9 nitrogen and oxygen atoms in total. The number of nitrogens with one attached hydrogen (secondary N) is 1. The van der Waals surface area contributed by atoms with Gasteiger partial charge in [0.15, 0.2) is 17.1 Å². The van der Waals surface area contributed by atoms with Gasteiger partial charge in [-0.1, -0.05) is 42.1 Å². The van der Waals surface area contributed by atoms with E-state index in [1.807, 2.05) is 42.7 Å². The van der Waals surface area contributed by atoms with Gasteiger partial charge in [0.25, 0.3) is 5.69 Å². The smallest absolute Gasteiger partial charge is 0.292 e. The number of rotatable bonds is 10. The van der Waals surface area contributed by atoms with Crippen LogP contribution >= 0.6 is 11.8 Å². The maximum atomic E-state index is 12.4. The van der Waals surface area contributed by atoms with Gasteiger partial charge in [-0.25, -0.2) is 0 Å². The maximum absolute atomic E-state index is 12.4. The SMILES string of the molecule is C=CCn1c(SCC(=O)Nc2ccccc2[N+](=O)[O-])nnc1C(C)Oc1cccc(C)c1. The van der Waals surface area contributed by atoms with Gasteiger partial charge in [-0.05, 0) is 37.6 Å². The van der Waals surface area contributed by atoms with Crippen LogP contribution < -0.4 is 10.1 Å². The van der Waals surface area contributed by atoms with Crippen molar-refractivity contribution in [3.63, 3.8) is 0 Å². The second kappa shape index (κ2) is 10.6. The highest BCUT2D eigenvalue weighted by Crippen LogP contribution is 2.26. The number of nitro benzene ring substituents is 1. The van der Waals surface area contributed by atoms with Crippen LogP contribution in [0.5, 0.6) is 5.75 Å². The second-order valence-corrected chi connectivity index (χ2v) is 7.87. The van der Waals surface area contributed by atoms with E-state index in [9.17, 15) is 14.9 Å². The van der Waals surface area contributed by atoms with Crippen LogP contribution in [0.2, 0.25) is 0 Å². The Balaban J connectivity index is 1.69. The molecule has 0 saturated heterocycles. The lowest BCUT2D eigenvalue weighted by molar-refractivity contribution is -0.383. The Morgan fingerprint density at radius 1 is 1.31 bits per heavy atom. The zero-order chi connectivity index (χ0) is 23.1. The fourth-order valence-corrected chi connectivity index (χ4v) is 3.76. The number of allylic oxidation sites excluding steroid dienone is 1. The molecule has 0 aliphatic rings. The fourth-order valence-electron chi connectivity index (χ4n) is 3.01. The predicted octanol–water partition coefficient (Wildman–Crippen LogP) is 4.55. The summed E-state index contributed by atoms with van der Waals surface area (Å²) in [5.74, 6) is 0.953. The van der Waals surface area contributed by atoms with Gasteiger partial charge >= 0.3 is 0 Å². The van der Waals surface area contributed by atoms with E-state index >= 15 is 0 Å². The molecule has 1 atom stereocenters. The van der Waals surface area contributed by atoms with Crippen LogP contribution in [0.3, 0.4) is 0 Å². The lowest BCUT2D eigenvalue weighted by atomic mass is 10.2. The summed E-state index contributed by atoms with van der Waals surface area (Å²) in [6.45, 7) is 8.09. The van der Waals surface area contributed by atoms with Crippen LogP contribution in [0.4, 0.5) is 11.4 Å². The number of aryl methyl sites for hydroxylation is 1. The molecule has 1 heterocycles. The Morgan fingerprint density at radius 3 is 2.81 bits per heavy atom. The Hall–Kier alpha value is -3.66. The number of para-hydroxylation sites is 2. The minimum Gasteiger partial charge on any atom is -0.483 e. The molecule has 3 aromatic rings. The molecular weight excluding hydrogens is 430 g/mol. The van der Waals surface area contributed by atoms with E-state index in [4.69, 9.17) is 4.74 Å². The highest BCUT2D eigenvalue weighted by Gasteiger charge is 2.20. The lowest BCUT2D eigenvalue weighted by Gasteiger charge is -2.16. The molecule has 1 N–H and O–H groups in total. The molecule has 32 heavy (non-hydrogen) atoms. The summed E-state index contributed by atoms with van der Waals surface area (Å²) in [5, 5.41) is 22.7. The first-order valence-electron chi connectivity index (χ1n) is 9.82. The molecule has 0 fully saturated rings. The average Bonchev–Trinajstić information content (AvgIpc) is 3.15. The molecule has 1 aromatic heterocycles. The van der Waals surface area contributed by atoms with Crippen LogP contribution in [0, 0.1) is 17.0 Å². The number of ether oxygens (including phenoxy) is 1. The van der Waals surface area contributed by atoms with Crippen LogP contribution in [0.15, 0.2) is 66.3 Å². The lowest BCUT2D eigenvalue weighted by Crippen LogP contribution is -2.16. The van der Waals surface area contributed by atoms with Gasteiger partial charge in [0.05, 0.1) is 10.7 Å². The number of nitrogens with zero attached hydrogens (tertiary/aromatic N) is 4. The monoisotopic (exact) mass is 453 g/mol. The second-order valence-electron chi connectivity index (χ2n) is 6.93. The molecule has 166 valence electrons. The molecular formula is C22H23N5O4S. The quantitative estimate of drug-likeness (QED) is 0.207. The molecule has 0 bridgehead atoms. The van der Waals surface area contributed by atoms with E-state index in [-0.39, 0.29) is 29.1 Å². The van der Waals surface area contributed by atoms with Crippen molar-refractivity contribution < 1.29 is 14.5 Å². The summed E-state index contributed by atoms with van der Waals surface area (Å²) in [5.41, 5.74) is 1.07. The number of anilines is 1. The summed E-state index contributed by atoms with van der Waals surface area (Å²) in [4.78, 5) is 23.0.